The van der Waals surface area contributed by atoms with Crippen molar-refractivity contribution in [1.82, 2.24) is 15.8 Å². The van der Waals surface area contributed by atoms with Gasteiger partial charge in [-0.15, -0.1) is 11.3 Å². The molecule has 0 saturated heterocycles. The molecule has 3 rings (SSSR count). The molecule has 5 nitrogen and oxygen atoms in total. The molecule has 0 aliphatic heterocycles. The molecule has 0 spiro atoms. The van der Waals surface area contributed by atoms with E-state index in [1.165, 1.54) is 17.4 Å². The Labute approximate surface area is 146 Å². The average molecular weight is 358 g/mol. The summed E-state index contributed by atoms with van der Waals surface area (Å²) in [7, 11) is 0. The van der Waals surface area contributed by atoms with Crippen molar-refractivity contribution in [2.45, 2.75) is 0 Å². The SMILES string of the molecule is O=C(C=Cc1nc2ccccc2s1)NNC(=O)c1ccccc1Cl. The van der Waals surface area contributed by atoms with Crippen LogP contribution in [0.25, 0.3) is 16.3 Å². The van der Waals surface area contributed by atoms with Crippen molar-refractivity contribution in [2.24, 2.45) is 0 Å². The highest BCUT2D eigenvalue weighted by Gasteiger charge is 2.09. The minimum Gasteiger partial charge on any atom is -0.268 e. The average Bonchev–Trinajstić information content (AvgIpc) is 3.01. The number of thiazole rings is 1. The van der Waals surface area contributed by atoms with Crippen LogP contribution in [0.1, 0.15) is 15.4 Å². The van der Waals surface area contributed by atoms with Crippen LogP contribution in [0.3, 0.4) is 0 Å². The maximum absolute atomic E-state index is 11.9. The smallest absolute Gasteiger partial charge is 0.268 e. The Morgan fingerprint density at radius 1 is 1.04 bits per heavy atom. The summed E-state index contributed by atoms with van der Waals surface area (Å²) in [5.41, 5.74) is 5.79. The van der Waals surface area contributed by atoms with E-state index in [9.17, 15) is 9.59 Å². The number of halogens is 1. The molecule has 0 radical (unpaired) electrons. The van der Waals surface area contributed by atoms with Crippen LogP contribution >= 0.6 is 22.9 Å². The van der Waals surface area contributed by atoms with Gasteiger partial charge >= 0.3 is 0 Å². The first-order chi connectivity index (χ1) is 11.6. The van der Waals surface area contributed by atoms with Crippen molar-refractivity contribution in [2.75, 3.05) is 0 Å². The molecule has 0 atom stereocenters. The number of nitrogens with one attached hydrogen (secondary N) is 2. The van der Waals surface area contributed by atoms with Crippen molar-refractivity contribution in [3.63, 3.8) is 0 Å². The summed E-state index contributed by atoms with van der Waals surface area (Å²) in [5, 5.41) is 1.03. The number of fused-ring (bicyclic) bond motifs is 1. The maximum Gasteiger partial charge on any atom is 0.271 e. The fourth-order valence-corrected chi connectivity index (χ4v) is 3.07. The zero-order chi connectivity index (χ0) is 16.9. The van der Waals surface area contributed by atoms with Gasteiger partial charge in [0.2, 0.25) is 0 Å². The first kappa shape index (κ1) is 16.2. The fraction of sp³-hybridized carbons (Fsp3) is 0. The molecule has 2 amide bonds. The van der Waals surface area contributed by atoms with Crippen LogP contribution in [0, 0.1) is 0 Å². The van der Waals surface area contributed by atoms with Crippen molar-refractivity contribution < 1.29 is 9.59 Å². The topological polar surface area (TPSA) is 71.1 Å². The Balaban J connectivity index is 1.59. The number of benzene rings is 2. The number of carbonyl (C=O) groups is 2. The number of amides is 2. The highest BCUT2D eigenvalue weighted by molar-refractivity contribution is 7.19. The molecule has 24 heavy (non-hydrogen) atoms. The Bertz CT molecular complexity index is 903. The standard InChI is InChI=1S/C17H12ClN3O2S/c18-12-6-2-1-5-11(12)17(23)21-20-15(22)9-10-16-19-13-7-3-4-8-14(13)24-16/h1-10H,(H,20,22)(H,21,23). The van der Waals surface area contributed by atoms with E-state index < -0.39 is 11.8 Å². The van der Waals surface area contributed by atoms with Crippen LogP contribution in [0.5, 0.6) is 0 Å². The van der Waals surface area contributed by atoms with Crippen LogP contribution in [0.15, 0.2) is 54.6 Å². The van der Waals surface area contributed by atoms with E-state index in [2.05, 4.69) is 15.8 Å². The highest BCUT2D eigenvalue weighted by Crippen LogP contribution is 2.22. The summed E-state index contributed by atoms with van der Waals surface area (Å²) in [6.45, 7) is 0. The van der Waals surface area contributed by atoms with Gasteiger partial charge in [0, 0.05) is 6.08 Å². The molecule has 0 aliphatic rings. The minimum atomic E-state index is -0.484. The lowest BCUT2D eigenvalue weighted by Gasteiger charge is -2.06. The normalized spacial score (nSPS) is 10.9. The van der Waals surface area contributed by atoms with Gasteiger partial charge in [0.25, 0.3) is 11.8 Å². The van der Waals surface area contributed by atoms with E-state index in [0.717, 1.165) is 10.2 Å². The zero-order valence-electron chi connectivity index (χ0n) is 12.3. The van der Waals surface area contributed by atoms with E-state index in [1.54, 1.807) is 30.3 Å². The van der Waals surface area contributed by atoms with Crippen LogP contribution in [0.2, 0.25) is 5.02 Å². The molecule has 120 valence electrons. The number of aromatic nitrogens is 1. The lowest BCUT2D eigenvalue weighted by Crippen LogP contribution is -2.40. The molecule has 2 aromatic carbocycles. The maximum atomic E-state index is 11.9. The number of hydrazine groups is 1. The number of rotatable bonds is 3. The third-order valence-corrected chi connectivity index (χ3v) is 4.44. The molecule has 0 saturated carbocycles. The van der Waals surface area contributed by atoms with E-state index >= 15 is 0 Å². The van der Waals surface area contributed by atoms with Crippen molar-refractivity contribution in [3.05, 3.63) is 70.2 Å². The number of hydrogen-bond donors (Lipinski definition) is 2. The predicted octanol–water partition coefficient (Wildman–Crippen LogP) is 3.42. The Kier molecular flexibility index (Phi) is 4.88. The molecular weight excluding hydrogens is 346 g/mol. The van der Waals surface area contributed by atoms with Gasteiger partial charge in [0.1, 0.15) is 5.01 Å². The van der Waals surface area contributed by atoms with Crippen molar-refractivity contribution in [1.29, 1.82) is 0 Å². The van der Waals surface area contributed by atoms with E-state index in [4.69, 9.17) is 11.6 Å². The van der Waals surface area contributed by atoms with Gasteiger partial charge in [-0.25, -0.2) is 4.98 Å². The van der Waals surface area contributed by atoms with Crippen molar-refractivity contribution in [3.8, 4) is 0 Å². The van der Waals surface area contributed by atoms with Gasteiger partial charge in [-0.1, -0.05) is 35.9 Å². The molecule has 0 bridgehead atoms. The molecule has 1 heterocycles. The summed E-state index contributed by atoms with van der Waals surface area (Å²) in [4.78, 5) is 28.1. The Morgan fingerprint density at radius 2 is 1.79 bits per heavy atom. The first-order valence-corrected chi connectivity index (χ1v) is 8.21. The van der Waals surface area contributed by atoms with Crippen LogP contribution in [0.4, 0.5) is 0 Å². The minimum absolute atomic E-state index is 0.287. The summed E-state index contributed by atoms with van der Waals surface area (Å²) in [6.07, 6.45) is 2.91. The third-order valence-electron chi connectivity index (χ3n) is 3.11. The van der Waals surface area contributed by atoms with Gasteiger partial charge in [-0.2, -0.15) is 0 Å². The summed E-state index contributed by atoms with van der Waals surface area (Å²) in [5.74, 6) is -0.947. The fourth-order valence-electron chi connectivity index (χ4n) is 1.98. The number of nitrogens with zero attached hydrogens (tertiary/aromatic N) is 1. The molecule has 0 unspecified atom stereocenters. The molecule has 7 heteroatoms. The predicted molar refractivity (Wildman–Crippen MR) is 95.7 cm³/mol. The Hall–Kier alpha value is -2.70. The summed E-state index contributed by atoms with van der Waals surface area (Å²) in [6, 6.07) is 14.3. The second kappa shape index (κ2) is 7.25. The van der Waals surface area contributed by atoms with Gasteiger partial charge < -0.3 is 0 Å². The second-order valence-electron chi connectivity index (χ2n) is 4.78. The summed E-state index contributed by atoms with van der Waals surface area (Å²) < 4.78 is 1.05. The largest absolute Gasteiger partial charge is 0.271 e. The van der Waals surface area contributed by atoms with E-state index in [-0.39, 0.29) is 5.56 Å². The van der Waals surface area contributed by atoms with Crippen molar-refractivity contribution >= 4 is 51.0 Å². The van der Waals surface area contributed by atoms with Gasteiger partial charge in [-0.05, 0) is 30.3 Å². The van der Waals surface area contributed by atoms with Gasteiger partial charge in [0.05, 0.1) is 20.8 Å². The molecule has 1 aromatic heterocycles. The number of para-hydroxylation sites is 1. The summed E-state index contributed by atoms with van der Waals surface area (Å²) >= 11 is 7.40. The highest BCUT2D eigenvalue weighted by atomic mass is 35.5. The van der Waals surface area contributed by atoms with E-state index in [0.29, 0.717) is 10.0 Å². The molecule has 3 aromatic rings. The zero-order valence-corrected chi connectivity index (χ0v) is 13.9. The third kappa shape index (κ3) is 3.79. The van der Waals surface area contributed by atoms with Crippen LogP contribution in [-0.4, -0.2) is 16.8 Å². The molecule has 2 N–H and O–H groups in total. The number of hydrogen-bond acceptors (Lipinski definition) is 4. The number of carbonyl (C=O) groups excluding carboxylic acids is 2. The second-order valence-corrected chi connectivity index (χ2v) is 6.25. The Morgan fingerprint density at radius 3 is 2.58 bits per heavy atom. The van der Waals surface area contributed by atoms with Gasteiger partial charge in [0.15, 0.2) is 0 Å². The lowest BCUT2D eigenvalue weighted by molar-refractivity contribution is -0.117. The van der Waals surface area contributed by atoms with Crippen LogP contribution in [-0.2, 0) is 4.79 Å². The van der Waals surface area contributed by atoms with Crippen LogP contribution < -0.4 is 10.9 Å². The van der Waals surface area contributed by atoms with Gasteiger partial charge in [-0.3, -0.25) is 20.4 Å². The van der Waals surface area contributed by atoms with E-state index in [1.807, 2.05) is 24.3 Å². The quantitative estimate of drug-likeness (QED) is 0.557. The monoisotopic (exact) mass is 357 g/mol. The molecular formula is C17H12ClN3O2S. The first-order valence-electron chi connectivity index (χ1n) is 7.02. The lowest BCUT2D eigenvalue weighted by atomic mass is 10.2. The molecule has 0 aliphatic carbocycles. The molecule has 0 fully saturated rings.